The van der Waals surface area contributed by atoms with Crippen molar-refractivity contribution in [1.82, 2.24) is 0 Å². The van der Waals surface area contributed by atoms with Crippen molar-refractivity contribution in [1.29, 1.82) is 0 Å². The van der Waals surface area contributed by atoms with E-state index in [9.17, 15) is 14.0 Å². The number of carbonyl (C=O) groups excluding carboxylic acids is 2. The molecule has 33 heavy (non-hydrogen) atoms. The van der Waals surface area contributed by atoms with Crippen LogP contribution in [-0.2, 0) is 10.2 Å². The monoisotopic (exact) mass is 464 g/mol. The van der Waals surface area contributed by atoms with Gasteiger partial charge in [0.1, 0.15) is 5.82 Å². The molecule has 3 rings (SSSR count). The van der Waals surface area contributed by atoms with Crippen LogP contribution in [0.3, 0.4) is 0 Å². The highest BCUT2D eigenvalue weighted by atomic mass is 28.3. The normalized spacial score (nSPS) is 15.2. The number of hydrogen-bond acceptors (Lipinski definition) is 3. The van der Waals surface area contributed by atoms with Crippen LogP contribution >= 0.6 is 0 Å². The Morgan fingerprint density at radius 2 is 1.79 bits per heavy atom. The summed E-state index contributed by atoms with van der Waals surface area (Å²) in [5.41, 5.74) is 4.51. The highest BCUT2D eigenvalue weighted by Gasteiger charge is 2.27. The molecule has 0 saturated heterocycles. The van der Waals surface area contributed by atoms with Gasteiger partial charge >= 0.3 is 5.97 Å². The molecule has 3 nitrogen and oxygen atoms in total. The first-order valence-corrected chi connectivity index (χ1v) is 15.1. The van der Waals surface area contributed by atoms with E-state index >= 15 is 0 Å². The fourth-order valence-electron chi connectivity index (χ4n) is 3.81. The van der Waals surface area contributed by atoms with Crippen LogP contribution in [0.4, 0.5) is 4.39 Å². The van der Waals surface area contributed by atoms with E-state index in [4.69, 9.17) is 4.74 Å². The Morgan fingerprint density at radius 1 is 1.09 bits per heavy atom. The predicted molar refractivity (Wildman–Crippen MR) is 136 cm³/mol. The predicted octanol–water partition coefficient (Wildman–Crippen LogP) is 7.30. The summed E-state index contributed by atoms with van der Waals surface area (Å²) >= 11 is 0. The van der Waals surface area contributed by atoms with Crippen LogP contribution in [0.5, 0.6) is 0 Å². The van der Waals surface area contributed by atoms with E-state index in [1.54, 1.807) is 0 Å². The zero-order valence-electron chi connectivity index (χ0n) is 20.4. The summed E-state index contributed by atoms with van der Waals surface area (Å²) in [6.45, 7) is 13.4. The van der Waals surface area contributed by atoms with Crippen LogP contribution in [0.25, 0.3) is 11.6 Å². The Morgan fingerprint density at radius 3 is 2.45 bits per heavy atom. The highest BCUT2D eigenvalue weighted by molar-refractivity contribution is 6.76. The van der Waals surface area contributed by atoms with Crippen molar-refractivity contribution in [2.45, 2.75) is 58.3 Å². The average Bonchev–Trinajstić information content (AvgIpc) is 2.74. The van der Waals surface area contributed by atoms with Crippen LogP contribution in [-0.4, -0.2) is 26.4 Å². The van der Waals surface area contributed by atoms with Crippen molar-refractivity contribution >= 4 is 31.5 Å². The molecular formula is C28H33FO3Si. The number of halogens is 1. The lowest BCUT2D eigenvalue weighted by Gasteiger charge is -2.31. The molecule has 0 amide bonds. The van der Waals surface area contributed by atoms with Crippen molar-refractivity contribution in [2.75, 3.05) is 6.61 Å². The molecule has 174 valence electrons. The topological polar surface area (TPSA) is 43.4 Å². The molecule has 0 heterocycles. The molecule has 0 bridgehead atoms. The van der Waals surface area contributed by atoms with Crippen molar-refractivity contribution in [3.63, 3.8) is 0 Å². The van der Waals surface area contributed by atoms with Gasteiger partial charge in [-0.2, -0.15) is 0 Å². The van der Waals surface area contributed by atoms with Crippen LogP contribution < -0.4 is 0 Å². The van der Waals surface area contributed by atoms with Gasteiger partial charge in [0.2, 0.25) is 0 Å². The summed E-state index contributed by atoms with van der Waals surface area (Å²) in [6.07, 6.45) is 5.99. The first-order chi connectivity index (χ1) is 15.4. The number of allylic oxidation sites excluding steroid dienone is 3. The highest BCUT2D eigenvalue weighted by Crippen LogP contribution is 2.39. The summed E-state index contributed by atoms with van der Waals surface area (Å²) in [5.74, 6) is -1.28. The minimum Gasteiger partial charge on any atom is -0.462 e. The Kier molecular flexibility index (Phi) is 7.22. The molecule has 1 aliphatic rings. The van der Waals surface area contributed by atoms with Gasteiger partial charge in [-0.25, -0.2) is 9.18 Å². The molecule has 0 N–H and O–H groups in total. The van der Waals surface area contributed by atoms with E-state index in [0.29, 0.717) is 12.2 Å². The van der Waals surface area contributed by atoms with Gasteiger partial charge in [-0.1, -0.05) is 57.8 Å². The van der Waals surface area contributed by atoms with Crippen molar-refractivity contribution in [3.8, 4) is 0 Å². The minimum atomic E-state index is -1.31. The summed E-state index contributed by atoms with van der Waals surface area (Å²) in [7, 11) is -1.31. The molecular weight excluding hydrogens is 431 g/mol. The first kappa shape index (κ1) is 24.8. The van der Waals surface area contributed by atoms with E-state index in [2.05, 4.69) is 46.5 Å². The fraction of sp³-hybridized carbons (Fsp3) is 0.357. The Bertz CT molecular complexity index is 1140. The van der Waals surface area contributed by atoms with Crippen LogP contribution in [0.1, 0.15) is 64.6 Å². The third-order valence-electron chi connectivity index (χ3n) is 6.11. The fourth-order valence-corrected chi connectivity index (χ4v) is 4.53. The molecule has 0 saturated carbocycles. The third-order valence-corrected chi connectivity index (χ3v) is 7.82. The van der Waals surface area contributed by atoms with Gasteiger partial charge < -0.3 is 4.74 Å². The van der Waals surface area contributed by atoms with Gasteiger partial charge in [-0.15, -0.1) is 0 Å². The maximum atomic E-state index is 14.6. The van der Waals surface area contributed by atoms with Crippen LogP contribution in [0.15, 0.2) is 48.6 Å². The summed E-state index contributed by atoms with van der Waals surface area (Å²) < 4.78 is 19.9. The number of fused-ring (bicyclic) bond motifs is 1. The van der Waals surface area contributed by atoms with Crippen LogP contribution in [0.2, 0.25) is 25.7 Å². The van der Waals surface area contributed by atoms with Gasteiger partial charge in [0.05, 0.1) is 12.2 Å². The summed E-state index contributed by atoms with van der Waals surface area (Å²) in [5, 5.41) is 0. The lowest BCUT2D eigenvalue weighted by atomic mass is 9.73. The number of hydrogen-bond donors (Lipinski definition) is 0. The molecule has 1 aliphatic carbocycles. The smallest absolute Gasteiger partial charge is 0.338 e. The summed E-state index contributed by atoms with van der Waals surface area (Å²) in [4.78, 5) is 25.0. The van der Waals surface area contributed by atoms with Gasteiger partial charge in [0, 0.05) is 19.2 Å². The number of carbonyl (C=O) groups is 2. The first-order valence-electron chi connectivity index (χ1n) is 11.4. The summed E-state index contributed by atoms with van der Waals surface area (Å²) in [6, 6.07) is 10.8. The number of esters is 1. The molecule has 0 fully saturated rings. The Balaban J connectivity index is 1.72. The molecule has 0 aliphatic heterocycles. The van der Waals surface area contributed by atoms with Crippen molar-refractivity contribution in [3.05, 3.63) is 82.2 Å². The van der Waals surface area contributed by atoms with Crippen molar-refractivity contribution < 1.29 is 18.7 Å². The van der Waals surface area contributed by atoms with E-state index < -0.39 is 19.9 Å². The largest absolute Gasteiger partial charge is 0.462 e. The van der Waals surface area contributed by atoms with Gasteiger partial charge in [0.15, 0.2) is 5.78 Å². The second-order valence-electron chi connectivity index (χ2n) is 10.6. The van der Waals surface area contributed by atoms with E-state index in [-0.39, 0.29) is 22.3 Å². The Labute approximate surface area is 197 Å². The van der Waals surface area contributed by atoms with Crippen molar-refractivity contribution in [2.24, 2.45) is 0 Å². The maximum absolute atomic E-state index is 14.6. The molecule has 0 radical (unpaired) electrons. The quantitative estimate of drug-likeness (QED) is 0.187. The molecule has 0 spiro atoms. The van der Waals surface area contributed by atoms with Gasteiger partial charge in [-0.3, -0.25) is 4.79 Å². The standard InChI is InChI=1S/C28H33FO3Si/c1-19-13-14-28(2,3)24-17-21(9-11-23(19)24)26(30)12-10-20-7-8-22(18-25(20)29)27(31)32-15-16-33(4,5)6/h7-13,17-18H,14-16H2,1-6H3/b12-10+. The molecule has 0 atom stereocenters. The maximum Gasteiger partial charge on any atom is 0.338 e. The zero-order valence-corrected chi connectivity index (χ0v) is 21.4. The molecule has 0 unspecified atom stereocenters. The molecule has 2 aromatic rings. The van der Waals surface area contributed by atoms with E-state index in [0.717, 1.165) is 24.1 Å². The molecule has 5 heteroatoms. The SMILES string of the molecule is CC1=CCC(C)(C)c2cc(C(=O)/C=C/c3ccc(C(=O)OCC[Si](C)(C)C)cc3F)ccc21. The lowest BCUT2D eigenvalue weighted by Crippen LogP contribution is -2.22. The number of ether oxygens (including phenoxy) is 1. The number of benzene rings is 2. The Hall–Kier alpha value is -2.79. The second kappa shape index (κ2) is 9.60. The third kappa shape index (κ3) is 6.17. The lowest BCUT2D eigenvalue weighted by molar-refractivity contribution is 0.0524. The van der Waals surface area contributed by atoms with Gasteiger partial charge in [0.25, 0.3) is 0 Å². The number of ketones is 1. The van der Waals surface area contributed by atoms with Crippen LogP contribution in [0, 0.1) is 5.82 Å². The minimum absolute atomic E-state index is 0.0412. The van der Waals surface area contributed by atoms with Gasteiger partial charge in [-0.05, 0) is 71.9 Å². The molecule has 0 aromatic heterocycles. The number of rotatable bonds is 7. The van der Waals surface area contributed by atoms with E-state index in [1.807, 2.05) is 18.2 Å². The average molecular weight is 465 g/mol. The molecule has 2 aromatic carbocycles. The second-order valence-corrected chi connectivity index (χ2v) is 16.2. The van der Waals surface area contributed by atoms with E-state index in [1.165, 1.54) is 35.4 Å². The zero-order chi connectivity index (χ0) is 24.4.